The summed E-state index contributed by atoms with van der Waals surface area (Å²) >= 11 is 7.37. The second-order valence-corrected chi connectivity index (χ2v) is 4.67. The van der Waals surface area contributed by atoms with Gasteiger partial charge >= 0.3 is 0 Å². The van der Waals surface area contributed by atoms with Crippen LogP contribution in [0.2, 0.25) is 5.15 Å². The van der Waals surface area contributed by atoms with Gasteiger partial charge in [-0.05, 0) is 12.0 Å². The molecule has 0 saturated carbocycles. The average molecular weight is 238 g/mol. The molecule has 2 aromatic rings. The van der Waals surface area contributed by atoms with E-state index >= 15 is 0 Å². The van der Waals surface area contributed by atoms with Crippen molar-refractivity contribution < 1.29 is 0 Å². The SMILES string of the molecule is CCCc1ccc(-c2nc(Cl)cs2)cc1. The highest BCUT2D eigenvalue weighted by Crippen LogP contribution is 2.25. The Labute approximate surface area is 98.7 Å². The summed E-state index contributed by atoms with van der Waals surface area (Å²) in [7, 11) is 0. The van der Waals surface area contributed by atoms with E-state index in [1.165, 1.54) is 12.0 Å². The molecule has 0 N–H and O–H groups in total. The highest BCUT2D eigenvalue weighted by Gasteiger charge is 2.02. The summed E-state index contributed by atoms with van der Waals surface area (Å²) in [5.41, 5.74) is 2.52. The molecule has 1 aromatic carbocycles. The lowest BCUT2D eigenvalue weighted by atomic mass is 10.1. The molecule has 0 fully saturated rings. The van der Waals surface area contributed by atoms with Gasteiger partial charge in [0.2, 0.25) is 0 Å². The smallest absolute Gasteiger partial charge is 0.140 e. The molecule has 0 saturated heterocycles. The van der Waals surface area contributed by atoms with E-state index in [9.17, 15) is 0 Å². The molecular weight excluding hydrogens is 226 g/mol. The van der Waals surface area contributed by atoms with E-state index in [4.69, 9.17) is 11.6 Å². The minimum absolute atomic E-state index is 0.577. The highest BCUT2D eigenvalue weighted by atomic mass is 35.5. The maximum atomic E-state index is 5.79. The molecule has 2 rings (SSSR count). The van der Waals surface area contributed by atoms with Crippen LogP contribution in [0.15, 0.2) is 29.6 Å². The van der Waals surface area contributed by atoms with Crippen molar-refractivity contribution in [2.24, 2.45) is 0 Å². The lowest BCUT2D eigenvalue weighted by molar-refractivity contribution is 0.922. The van der Waals surface area contributed by atoms with Gasteiger partial charge in [0.25, 0.3) is 0 Å². The monoisotopic (exact) mass is 237 g/mol. The van der Waals surface area contributed by atoms with Gasteiger partial charge in [-0.3, -0.25) is 0 Å². The third kappa shape index (κ3) is 2.58. The van der Waals surface area contributed by atoms with E-state index in [-0.39, 0.29) is 0 Å². The van der Waals surface area contributed by atoms with Gasteiger partial charge in [-0.25, -0.2) is 4.98 Å². The summed E-state index contributed by atoms with van der Waals surface area (Å²) in [6.07, 6.45) is 2.32. The van der Waals surface area contributed by atoms with Crippen molar-refractivity contribution in [2.75, 3.05) is 0 Å². The summed E-state index contributed by atoms with van der Waals surface area (Å²) in [5, 5.41) is 3.42. The predicted molar refractivity (Wildman–Crippen MR) is 66.6 cm³/mol. The molecule has 0 aliphatic heterocycles. The molecule has 0 radical (unpaired) electrons. The first kappa shape index (κ1) is 10.7. The van der Waals surface area contributed by atoms with E-state index in [1.807, 2.05) is 5.38 Å². The molecule has 0 aliphatic rings. The van der Waals surface area contributed by atoms with Crippen molar-refractivity contribution in [2.45, 2.75) is 19.8 Å². The van der Waals surface area contributed by atoms with Gasteiger partial charge in [0.15, 0.2) is 0 Å². The molecule has 78 valence electrons. The van der Waals surface area contributed by atoms with Gasteiger partial charge in [0.1, 0.15) is 10.2 Å². The molecule has 0 amide bonds. The fourth-order valence-corrected chi connectivity index (χ4v) is 2.44. The first-order chi connectivity index (χ1) is 7.29. The summed E-state index contributed by atoms with van der Waals surface area (Å²) < 4.78 is 0. The van der Waals surface area contributed by atoms with E-state index in [2.05, 4.69) is 36.2 Å². The number of hydrogen-bond acceptors (Lipinski definition) is 2. The molecular formula is C12H12ClNS. The van der Waals surface area contributed by atoms with Crippen molar-refractivity contribution >= 4 is 22.9 Å². The normalized spacial score (nSPS) is 10.5. The number of halogens is 1. The Morgan fingerprint density at radius 1 is 1.27 bits per heavy atom. The Morgan fingerprint density at radius 2 is 2.00 bits per heavy atom. The van der Waals surface area contributed by atoms with Gasteiger partial charge in [-0.2, -0.15) is 0 Å². The van der Waals surface area contributed by atoms with Gasteiger partial charge < -0.3 is 0 Å². The molecule has 0 unspecified atom stereocenters. The maximum Gasteiger partial charge on any atom is 0.140 e. The molecule has 1 heterocycles. The van der Waals surface area contributed by atoms with Crippen LogP contribution >= 0.6 is 22.9 Å². The van der Waals surface area contributed by atoms with E-state index in [1.54, 1.807) is 11.3 Å². The largest absolute Gasteiger partial charge is 0.224 e. The Hall–Kier alpha value is -0.860. The Morgan fingerprint density at radius 3 is 2.53 bits per heavy atom. The zero-order valence-electron chi connectivity index (χ0n) is 8.53. The van der Waals surface area contributed by atoms with Crippen LogP contribution in [0.4, 0.5) is 0 Å². The second-order valence-electron chi connectivity index (χ2n) is 3.42. The number of aromatic nitrogens is 1. The third-order valence-electron chi connectivity index (χ3n) is 2.22. The number of rotatable bonds is 3. The van der Waals surface area contributed by atoms with Gasteiger partial charge in [-0.1, -0.05) is 49.2 Å². The standard InChI is InChI=1S/C12H12ClNS/c1-2-3-9-4-6-10(7-5-9)12-14-11(13)8-15-12/h4-8H,2-3H2,1H3. The van der Waals surface area contributed by atoms with Gasteiger partial charge in [0.05, 0.1) is 0 Å². The molecule has 0 bridgehead atoms. The first-order valence-electron chi connectivity index (χ1n) is 5.00. The summed E-state index contributed by atoms with van der Waals surface area (Å²) in [4.78, 5) is 4.24. The first-order valence-corrected chi connectivity index (χ1v) is 6.25. The predicted octanol–water partition coefficient (Wildman–Crippen LogP) is 4.42. The summed E-state index contributed by atoms with van der Waals surface area (Å²) in [5.74, 6) is 0. The molecule has 1 aromatic heterocycles. The maximum absolute atomic E-state index is 5.79. The molecule has 0 spiro atoms. The fourth-order valence-electron chi connectivity index (χ4n) is 1.49. The molecule has 0 atom stereocenters. The lowest BCUT2D eigenvalue weighted by Crippen LogP contribution is -1.82. The number of thiazole rings is 1. The summed E-state index contributed by atoms with van der Waals surface area (Å²) in [6.45, 7) is 2.19. The summed E-state index contributed by atoms with van der Waals surface area (Å²) in [6, 6.07) is 8.54. The second kappa shape index (κ2) is 4.77. The van der Waals surface area contributed by atoms with Gasteiger partial charge in [-0.15, -0.1) is 11.3 Å². The van der Waals surface area contributed by atoms with Crippen molar-refractivity contribution in [3.05, 3.63) is 40.4 Å². The zero-order chi connectivity index (χ0) is 10.7. The van der Waals surface area contributed by atoms with Crippen LogP contribution in [0.3, 0.4) is 0 Å². The van der Waals surface area contributed by atoms with Crippen molar-refractivity contribution in [3.8, 4) is 10.6 Å². The van der Waals surface area contributed by atoms with Crippen LogP contribution in [0.1, 0.15) is 18.9 Å². The van der Waals surface area contributed by atoms with Crippen LogP contribution in [-0.2, 0) is 6.42 Å². The zero-order valence-corrected chi connectivity index (χ0v) is 10.1. The highest BCUT2D eigenvalue weighted by molar-refractivity contribution is 7.13. The van der Waals surface area contributed by atoms with E-state index < -0.39 is 0 Å². The van der Waals surface area contributed by atoms with Crippen LogP contribution in [0.25, 0.3) is 10.6 Å². The number of nitrogens with zero attached hydrogens (tertiary/aromatic N) is 1. The van der Waals surface area contributed by atoms with E-state index in [0.29, 0.717) is 5.15 Å². The quantitative estimate of drug-likeness (QED) is 0.770. The van der Waals surface area contributed by atoms with Crippen LogP contribution in [-0.4, -0.2) is 4.98 Å². The Bertz CT molecular complexity index is 433. The number of benzene rings is 1. The molecule has 1 nitrogen and oxygen atoms in total. The van der Waals surface area contributed by atoms with Crippen LogP contribution in [0.5, 0.6) is 0 Å². The average Bonchev–Trinajstić information content (AvgIpc) is 2.67. The van der Waals surface area contributed by atoms with Crippen LogP contribution < -0.4 is 0 Å². The number of hydrogen-bond donors (Lipinski definition) is 0. The lowest BCUT2D eigenvalue weighted by Gasteiger charge is -1.99. The topological polar surface area (TPSA) is 12.9 Å². The van der Waals surface area contributed by atoms with Crippen molar-refractivity contribution in [1.82, 2.24) is 4.98 Å². The fraction of sp³-hybridized carbons (Fsp3) is 0.250. The molecule has 0 aliphatic carbocycles. The molecule has 15 heavy (non-hydrogen) atoms. The Balaban J connectivity index is 2.23. The van der Waals surface area contributed by atoms with Crippen LogP contribution in [0, 0.1) is 0 Å². The molecule has 3 heteroatoms. The minimum atomic E-state index is 0.577. The van der Waals surface area contributed by atoms with Crippen molar-refractivity contribution in [3.63, 3.8) is 0 Å². The third-order valence-corrected chi connectivity index (χ3v) is 3.43. The van der Waals surface area contributed by atoms with E-state index in [0.717, 1.165) is 17.0 Å². The van der Waals surface area contributed by atoms with Crippen molar-refractivity contribution in [1.29, 1.82) is 0 Å². The minimum Gasteiger partial charge on any atom is -0.224 e. The Kier molecular flexibility index (Phi) is 3.39. The number of aryl methyl sites for hydroxylation is 1. The van der Waals surface area contributed by atoms with Gasteiger partial charge in [0, 0.05) is 10.9 Å².